The summed E-state index contributed by atoms with van der Waals surface area (Å²) >= 11 is 0. The van der Waals surface area contributed by atoms with Gasteiger partial charge in [-0.3, -0.25) is 0 Å². The Morgan fingerprint density at radius 3 is 2.65 bits per heavy atom. The van der Waals surface area contributed by atoms with E-state index in [1.807, 2.05) is 31.2 Å². The van der Waals surface area contributed by atoms with Gasteiger partial charge in [-0.05, 0) is 12.1 Å². The van der Waals surface area contributed by atoms with E-state index in [0.29, 0.717) is 6.61 Å². The first kappa shape index (κ1) is 12.1. The molecular formula is C13H16O4. The van der Waals surface area contributed by atoms with Crippen LogP contribution in [0, 0.1) is 5.92 Å². The van der Waals surface area contributed by atoms with Crippen LogP contribution in [0.3, 0.4) is 0 Å². The molecule has 1 fully saturated rings. The number of methoxy groups -OCH3 is 1. The van der Waals surface area contributed by atoms with Crippen molar-refractivity contribution in [1.82, 2.24) is 0 Å². The van der Waals surface area contributed by atoms with E-state index in [1.54, 1.807) is 7.11 Å². The smallest absolute Gasteiger partial charge is 0.184 e. The lowest BCUT2D eigenvalue weighted by Gasteiger charge is -2.32. The molecule has 1 saturated heterocycles. The van der Waals surface area contributed by atoms with Crippen molar-refractivity contribution in [1.29, 1.82) is 0 Å². The van der Waals surface area contributed by atoms with E-state index in [-0.39, 0.29) is 5.92 Å². The highest BCUT2D eigenvalue weighted by Gasteiger charge is 2.29. The van der Waals surface area contributed by atoms with Crippen molar-refractivity contribution in [3.05, 3.63) is 29.8 Å². The van der Waals surface area contributed by atoms with Crippen molar-refractivity contribution in [2.24, 2.45) is 5.92 Å². The van der Waals surface area contributed by atoms with E-state index < -0.39 is 12.4 Å². The Morgan fingerprint density at radius 1 is 1.35 bits per heavy atom. The molecule has 0 spiro atoms. The topological polar surface area (TPSA) is 44.8 Å². The fraction of sp³-hybridized carbons (Fsp3) is 0.462. The highest BCUT2D eigenvalue weighted by Crippen LogP contribution is 2.29. The first-order valence-corrected chi connectivity index (χ1v) is 5.61. The van der Waals surface area contributed by atoms with Gasteiger partial charge in [-0.2, -0.15) is 0 Å². The minimum atomic E-state index is -0.465. The summed E-state index contributed by atoms with van der Waals surface area (Å²) in [5.74, 6) is 0.881. The van der Waals surface area contributed by atoms with Gasteiger partial charge in [0.05, 0.1) is 13.7 Å². The summed E-state index contributed by atoms with van der Waals surface area (Å²) in [6.07, 6.45) is -0.0212. The van der Waals surface area contributed by atoms with Crippen LogP contribution in [0.1, 0.15) is 18.8 Å². The third-order valence-electron chi connectivity index (χ3n) is 2.87. The zero-order chi connectivity index (χ0) is 12.3. The molecule has 17 heavy (non-hydrogen) atoms. The molecule has 0 radical (unpaired) electrons. The van der Waals surface area contributed by atoms with Crippen LogP contribution in [0.5, 0.6) is 5.75 Å². The normalized spacial score (nSPS) is 28.7. The number of rotatable bonds is 3. The largest absolute Gasteiger partial charge is 0.497 e. The van der Waals surface area contributed by atoms with E-state index in [2.05, 4.69) is 0 Å². The first-order valence-electron chi connectivity index (χ1n) is 5.61. The fourth-order valence-corrected chi connectivity index (χ4v) is 1.75. The van der Waals surface area contributed by atoms with Gasteiger partial charge in [0.25, 0.3) is 0 Å². The average Bonchev–Trinajstić information content (AvgIpc) is 2.39. The van der Waals surface area contributed by atoms with Gasteiger partial charge < -0.3 is 19.0 Å². The third kappa shape index (κ3) is 2.65. The first-order chi connectivity index (χ1) is 8.24. The minimum absolute atomic E-state index is 0.0991. The molecule has 1 aliphatic rings. The molecule has 0 amide bonds. The molecule has 92 valence electrons. The van der Waals surface area contributed by atoms with Crippen LogP contribution in [-0.2, 0) is 14.3 Å². The number of ether oxygens (including phenoxy) is 3. The molecule has 0 bridgehead atoms. The molecule has 0 N–H and O–H groups in total. The lowest BCUT2D eigenvalue weighted by atomic mass is 10.1. The summed E-state index contributed by atoms with van der Waals surface area (Å²) in [6, 6.07) is 7.44. The molecule has 1 unspecified atom stereocenters. The lowest BCUT2D eigenvalue weighted by Crippen LogP contribution is -2.35. The Balaban J connectivity index is 2.09. The average molecular weight is 236 g/mol. The van der Waals surface area contributed by atoms with Crippen LogP contribution in [-0.4, -0.2) is 26.1 Å². The van der Waals surface area contributed by atoms with Crippen LogP contribution in [0.25, 0.3) is 0 Å². The van der Waals surface area contributed by atoms with Gasteiger partial charge in [-0.25, -0.2) is 0 Å². The summed E-state index contributed by atoms with van der Waals surface area (Å²) < 4.78 is 16.2. The molecule has 1 heterocycles. The third-order valence-corrected chi connectivity index (χ3v) is 2.87. The van der Waals surface area contributed by atoms with E-state index in [1.165, 1.54) is 0 Å². The summed E-state index contributed by atoms with van der Waals surface area (Å²) in [5, 5.41) is 0. The van der Waals surface area contributed by atoms with E-state index in [0.717, 1.165) is 17.6 Å². The molecule has 4 heteroatoms. The van der Waals surface area contributed by atoms with Crippen LogP contribution < -0.4 is 4.74 Å². The van der Waals surface area contributed by atoms with Gasteiger partial charge in [0.15, 0.2) is 6.29 Å². The maximum absolute atomic E-state index is 10.8. The molecule has 0 aliphatic carbocycles. The van der Waals surface area contributed by atoms with Crippen LogP contribution in [0.4, 0.5) is 0 Å². The number of hydrogen-bond donors (Lipinski definition) is 0. The summed E-state index contributed by atoms with van der Waals surface area (Å²) in [7, 11) is 1.62. The zero-order valence-electron chi connectivity index (χ0n) is 9.96. The van der Waals surface area contributed by atoms with E-state index >= 15 is 0 Å². The van der Waals surface area contributed by atoms with Crippen LogP contribution in [0.15, 0.2) is 24.3 Å². The van der Waals surface area contributed by atoms with Crippen LogP contribution in [0.2, 0.25) is 0 Å². The number of aldehydes is 1. The Kier molecular flexibility index (Phi) is 3.76. The molecule has 4 nitrogen and oxygen atoms in total. The zero-order valence-corrected chi connectivity index (χ0v) is 9.96. The quantitative estimate of drug-likeness (QED) is 0.752. The van der Waals surface area contributed by atoms with Crippen molar-refractivity contribution >= 4 is 6.29 Å². The maximum Gasteiger partial charge on any atom is 0.184 e. The second-order valence-corrected chi connectivity index (χ2v) is 4.15. The number of carbonyl (C=O) groups excluding carboxylic acids is 1. The standard InChI is InChI=1S/C13H16O4/c1-9-8-16-13(17-12(9)7-14)10-3-5-11(15-2)6-4-10/h3-7,9,12-13H,8H2,1-2H3/t9-,12-,13?/m1/s1. The SMILES string of the molecule is COc1ccc(C2OC[C@@H](C)[C@@H](C=O)O2)cc1. The maximum atomic E-state index is 10.8. The Labute approximate surface area is 100 Å². The molecule has 1 aromatic carbocycles. The van der Waals surface area contributed by atoms with Crippen molar-refractivity contribution < 1.29 is 19.0 Å². The number of carbonyl (C=O) groups is 1. The van der Waals surface area contributed by atoms with Gasteiger partial charge >= 0.3 is 0 Å². The Bertz CT molecular complexity index is 374. The highest BCUT2D eigenvalue weighted by atomic mass is 16.7. The lowest BCUT2D eigenvalue weighted by molar-refractivity contribution is -0.230. The van der Waals surface area contributed by atoms with Crippen molar-refractivity contribution in [3.8, 4) is 5.75 Å². The Morgan fingerprint density at radius 2 is 2.06 bits per heavy atom. The van der Waals surface area contributed by atoms with E-state index in [4.69, 9.17) is 14.2 Å². The highest BCUT2D eigenvalue weighted by molar-refractivity contribution is 5.56. The molecular weight excluding hydrogens is 220 g/mol. The van der Waals surface area contributed by atoms with Gasteiger partial charge in [-0.15, -0.1) is 0 Å². The molecule has 2 rings (SSSR count). The Hall–Kier alpha value is -1.39. The van der Waals surface area contributed by atoms with Gasteiger partial charge in [0, 0.05) is 11.5 Å². The van der Waals surface area contributed by atoms with Gasteiger partial charge in [-0.1, -0.05) is 19.1 Å². The number of hydrogen-bond acceptors (Lipinski definition) is 4. The molecule has 0 aromatic heterocycles. The van der Waals surface area contributed by atoms with Crippen molar-refractivity contribution in [2.75, 3.05) is 13.7 Å². The monoisotopic (exact) mass is 236 g/mol. The molecule has 3 atom stereocenters. The van der Waals surface area contributed by atoms with Crippen molar-refractivity contribution in [3.63, 3.8) is 0 Å². The summed E-state index contributed by atoms with van der Waals surface area (Å²) in [5.41, 5.74) is 0.893. The second kappa shape index (κ2) is 5.29. The predicted octanol–water partition coefficient (Wildman–Crippen LogP) is 1.94. The molecule has 0 saturated carbocycles. The van der Waals surface area contributed by atoms with Crippen LogP contribution >= 0.6 is 0 Å². The molecule has 1 aromatic rings. The summed E-state index contributed by atoms with van der Waals surface area (Å²) in [4.78, 5) is 10.8. The second-order valence-electron chi connectivity index (χ2n) is 4.15. The summed E-state index contributed by atoms with van der Waals surface area (Å²) in [6.45, 7) is 2.46. The fourth-order valence-electron chi connectivity index (χ4n) is 1.75. The van der Waals surface area contributed by atoms with E-state index in [9.17, 15) is 4.79 Å². The number of benzene rings is 1. The predicted molar refractivity (Wildman–Crippen MR) is 61.8 cm³/mol. The van der Waals surface area contributed by atoms with Gasteiger partial charge in [0.2, 0.25) is 0 Å². The minimum Gasteiger partial charge on any atom is -0.497 e. The molecule has 1 aliphatic heterocycles. The van der Waals surface area contributed by atoms with Gasteiger partial charge in [0.1, 0.15) is 18.1 Å². The van der Waals surface area contributed by atoms with Crippen molar-refractivity contribution in [2.45, 2.75) is 19.3 Å².